The molecule has 80 heavy (non-hydrogen) atoms. The summed E-state index contributed by atoms with van der Waals surface area (Å²) >= 11 is 0. The predicted molar refractivity (Wildman–Crippen MR) is 334 cm³/mol. The highest BCUT2D eigenvalue weighted by molar-refractivity contribution is 6.24. The van der Waals surface area contributed by atoms with Crippen molar-refractivity contribution in [3.8, 4) is 45.0 Å². The fraction of sp³-hybridized carbons (Fsp3) is 0. The first kappa shape index (κ1) is 45.4. The summed E-state index contributed by atoms with van der Waals surface area (Å²) in [5, 5.41) is 12.3. The number of hydrogen-bond donors (Lipinski definition) is 0. The zero-order valence-electron chi connectivity index (χ0n) is 43.4. The fourth-order valence-electron chi connectivity index (χ4n) is 12.9. The molecule has 0 spiro atoms. The third-order valence-electron chi connectivity index (χ3n) is 16.2. The van der Waals surface area contributed by atoms with Gasteiger partial charge in [0, 0.05) is 90.6 Å². The number of hydrogen-bond acceptors (Lipinski definition) is 2. The summed E-state index contributed by atoms with van der Waals surface area (Å²) in [6, 6.07) is 95.6. The van der Waals surface area contributed by atoms with Gasteiger partial charge < -0.3 is 18.3 Å². The number of para-hydroxylation sites is 5. The Morgan fingerprint density at radius 3 is 0.963 bits per heavy atom. The predicted octanol–water partition coefficient (Wildman–Crippen LogP) is 19.0. The molecule has 0 saturated heterocycles. The number of pyridine rings is 2. The molecule has 0 saturated carbocycles. The number of rotatable bonds is 6. The normalized spacial score (nSPS) is 11.8. The van der Waals surface area contributed by atoms with Crippen molar-refractivity contribution < 1.29 is 0 Å². The third-order valence-corrected chi connectivity index (χ3v) is 16.2. The lowest BCUT2D eigenvalue weighted by atomic mass is 9.95. The van der Waals surface area contributed by atoms with Crippen molar-refractivity contribution in [2.24, 2.45) is 0 Å². The number of fused-ring (bicyclic) bond motifs is 13. The van der Waals surface area contributed by atoms with Crippen molar-refractivity contribution in [1.29, 1.82) is 0 Å². The van der Waals surface area contributed by atoms with E-state index in [1.807, 2.05) is 24.8 Å². The van der Waals surface area contributed by atoms with Crippen LogP contribution in [0, 0.1) is 0 Å². The van der Waals surface area contributed by atoms with Crippen molar-refractivity contribution in [3.63, 3.8) is 0 Å². The molecule has 0 aliphatic carbocycles. The maximum Gasteiger partial charge on any atom is 0.0572 e. The minimum Gasteiger partial charge on any atom is -0.309 e. The Bertz CT molecular complexity index is 5080. The Morgan fingerprint density at radius 2 is 0.537 bits per heavy atom. The highest BCUT2D eigenvalue weighted by atomic mass is 15.0. The van der Waals surface area contributed by atoms with E-state index < -0.39 is 0 Å². The summed E-state index contributed by atoms with van der Waals surface area (Å²) in [4.78, 5) is 9.11. The van der Waals surface area contributed by atoms with E-state index in [1.165, 1.54) is 110 Å². The van der Waals surface area contributed by atoms with Crippen LogP contribution in [0.1, 0.15) is 0 Å². The van der Waals surface area contributed by atoms with Crippen LogP contribution in [0.3, 0.4) is 0 Å². The standard InChI is InChI=1S/C39H25N3.C35H23N3/c1-2-12-28(13-3-1)41-35-22-23-40-25-33(35)39-31(16-9-19-37(39)41)30-15-8-18-36-38(30)32-14-6-7-17-34(32)42(36)29-21-20-26-10-4-5-11-27(26)24-29;1-3-11-24(12-4-1)37-30-18-8-7-15-28(30)34-26(16-9-19-32(34)37)27-17-10-20-33-35(27)29-23-36-22-21-31(29)38(33)25-13-5-2-6-14-25/h1-25H;1-23H. The van der Waals surface area contributed by atoms with E-state index in [-0.39, 0.29) is 0 Å². The van der Waals surface area contributed by atoms with Gasteiger partial charge in [0.2, 0.25) is 0 Å². The van der Waals surface area contributed by atoms with E-state index in [0.717, 1.165) is 33.2 Å². The molecule has 11 aromatic carbocycles. The quantitative estimate of drug-likeness (QED) is 0.167. The second kappa shape index (κ2) is 18.4. The van der Waals surface area contributed by atoms with Gasteiger partial charge in [-0.15, -0.1) is 0 Å². The molecule has 374 valence electrons. The maximum absolute atomic E-state index is 4.57. The minimum atomic E-state index is 1.15. The Morgan fingerprint density at radius 1 is 0.212 bits per heavy atom. The molecule has 0 aliphatic rings. The number of aromatic nitrogens is 6. The summed E-state index contributed by atoms with van der Waals surface area (Å²) < 4.78 is 9.50. The second-order valence-corrected chi connectivity index (χ2v) is 20.5. The Balaban J connectivity index is 0.000000133. The zero-order valence-corrected chi connectivity index (χ0v) is 43.4. The van der Waals surface area contributed by atoms with Gasteiger partial charge in [-0.05, 0) is 130 Å². The first-order valence-electron chi connectivity index (χ1n) is 27.2. The molecule has 0 radical (unpaired) electrons. The van der Waals surface area contributed by atoms with Gasteiger partial charge in [0.1, 0.15) is 0 Å². The van der Waals surface area contributed by atoms with Crippen LogP contribution in [0.5, 0.6) is 0 Å². The largest absolute Gasteiger partial charge is 0.309 e. The van der Waals surface area contributed by atoms with E-state index >= 15 is 0 Å². The lowest BCUT2D eigenvalue weighted by molar-refractivity contribution is 1.17. The van der Waals surface area contributed by atoms with Gasteiger partial charge in [-0.2, -0.15) is 0 Å². The molecule has 0 bridgehead atoms. The molecule has 0 amide bonds. The summed E-state index contributed by atoms with van der Waals surface area (Å²) in [5.74, 6) is 0. The summed E-state index contributed by atoms with van der Waals surface area (Å²) in [7, 11) is 0. The number of benzene rings is 11. The molecule has 0 unspecified atom stereocenters. The molecule has 6 heteroatoms. The highest BCUT2D eigenvalue weighted by Crippen LogP contribution is 2.46. The van der Waals surface area contributed by atoms with Crippen molar-refractivity contribution >= 4 is 98.0 Å². The van der Waals surface area contributed by atoms with Crippen LogP contribution in [0.25, 0.3) is 143 Å². The van der Waals surface area contributed by atoms with Crippen molar-refractivity contribution in [2.75, 3.05) is 0 Å². The smallest absolute Gasteiger partial charge is 0.0572 e. The van der Waals surface area contributed by atoms with E-state index in [9.17, 15) is 0 Å². The molecular formula is C74H48N6. The first-order valence-corrected chi connectivity index (χ1v) is 27.2. The van der Waals surface area contributed by atoms with E-state index in [0.29, 0.717) is 0 Å². The SMILES string of the molecule is c1ccc(-n2c3ccccc3c3c(-c4cccc5c4c4cnccc4n5-c4ccccc4)cccc32)cc1.c1ccc(-n2c3ccncc3c3c(-c4cccc5c4c4ccccc4n5-c4ccc5ccccc5c4)cccc32)cc1. The number of nitrogens with zero attached hydrogens (tertiary/aromatic N) is 6. The van der Waals surface area contributed by atoms with Crippen LogP contribution < -0.4 is 0 Å². The van der Waals surface area contributed by atoms with E-state index in [2.05, 4.69) is 295 Å². The van der Waals surface area contributed by atoms with Crippen molar-refractivity contribution in [2.45, 2.75) is 0 Å². The minimum absolute atomic E-state index is 1.15. The highest BCUT2D eigenvalue weighted by Gasteiger charge is 2.23. The van der Waals surface area contributed by atoms with Crippen LogP contribution in [0.15, 0.2) is 292 Å². The summed E-state index contributed by atoms with van der Waals surface area (Å²) in [6.45, 7) is 0. The van der Waals surface area contributed by atoms with Crippen LogP contribution in [0.2, 0.25) is 0 Å². The maximum atomic E-state index is 4.57. The van der Waals surface area contributed by atoms with Crippen LogP contribution in [-0.4, -0.2) is 28.2 Å². The molecule has 0 fully saturated rings. The Kier molecular flexibility index (Phi) is 10.5. The Labute approximate surface area is 460 Å². The summed E-state index contributed by atoms with van der Waals surface area (Å²) in [6.07, 6.45) is 7.79. The zero-order chi connectivity index (χ0) is 52.7. The topological polar surface area (TPSA) is 45.5 Å². The summed E-state index contributed by atoms with van der Waals surface area (Å²) in [5.41, 5.74) is 19.0. The average Bonchev–Trinajstić information content (AvgIpc) is 4.40. The van der Waals surface area contributed by atoms with Crippen LogP contribution in [0.4, 0.5) is 0 Å². The lowest BCUT2D eigenvalue weighted by Crippen LogP contribution is -1.94. The van der Waals surface area contributed by atoms with Crippen LogP contribution in [-0.2, 0) is 0 Å². The van der Waals surface area contributed by atoms with Crippen molar-refractivity contribution in [1.82, 2.24) is 28.2 Å². The Hall–Kier alpha value is -10.8. The van der Waals surface area contributed by atoms with Gasteiger partial charge in [0.05, 0.1) is 44.1 Å². The molecule has 0 aliphatic heterocycles. The molecule has 6 heterocycles. The molecule has 0 N–H and O–H groups in total. The van der Waals surface area contributed by atoms with Gasteiger partial charge in [-0.25, -0.2) is 0 Å². The molecule has 17 rings (SSSR count). The van der Waals surface area contributed by atoms with Gasteiger partial charge in [-0.1, -0.05) is 170 Å². The van der Waals surface area contributed by atoms with Gasteiger partial charge in [0.15, 0.2) is 0 Å². The molecule has 17 aromatic rings. The third kappa shape index (κ3) is 6.99. The van der Waals surface area contributed by atoms with Gasteiger partial charge in [0.25, 0.3) is 0 Å². The molecule has 6 nitrogen and oxygen atoms in total. The molecular weight excluding hydrogens is 973 g/mol. The van der Waals surface area contributed by atoms with Crippen LogP contribution >= 0.6 is 0 Å². The van der Waals surface area contributed by atoms with Gasteiger partial charge in [-0.3, -0.25) is 9.97 Å². The molecule has 6 aromatic heterocycles. The van der Waals surface area contributed by atoms with Crippen molar-refractivity contribution in [3.05, 3.63) is 292 Å². The average molecular weight is 1020 g/mol. The lowest BCUT2D eigenvalue weighted by Gasteiger charge is -2.11. The fourth-order valence-corrected chi connectivity index (χ4v) is 12.9. The second-order valence-electron chi connectivity index (χ2n) is 20.5. The van der Waals surface area contributed by atoms with E-state index in [1.54, 1.807) is 0 Å². The first-order chi connectivity index (χ1) is 39.8. The molecule has 0 atom stereocenters. The van der Waals surface area contributed by atoms with Gasteiger partial charge >= 0.3 is 0 Å². The monoisotopic (exact) mass is 1020 g/mol. The van der Waals surface area contributed by atoms with E-state index in [4.69, 9.17) is 0 Å².